The van der Waals surface area contributed by atoms with Crippen molar-refractivity contribution in [3.63, 3.8) is 0 Å². The van der Waals surface area contributed by atoms with Gasteiger partial charge in [0, 0.05) is 12.4 Å². The first-order valence-corrected chi connectivity index (χ1v) is 1.44. The number of nitrogens with one attached hydrogen (secondary N) is 1. The van der Waals surface area contributed by atoms with E-state index in [1.54, 1.807) is 12.4 Å². The van der Waals surface area contributed by atoms with Crippen LogP contribution >= 0.6 is 0 Å². The molecule has 0 aliphatic heterocycles. The molecular formula is C3H5LiN2. The number of H-pyrrole nitrogens is 1. The van der Waals surface area contributed by atoms with Crippen molar-refractivity contribution in [1.29, 1.82) is 0 Å². The predicted molar refractivity (Wildman–Crippen MR) is 19.7 cm³/mol. The van der Waals surface area contributed by atoms with Gasteiger partial charge in [0.25, 0.3) is 0 Å². The SMILES string of the molecule is [H-].[Li+].c1cn[nH]c1. The van der Waals surface area contributed by atoms with E-state index in [2.05, 4.69) is 10.2 Å². The van der Waals surface area contributed by atoms with Crippen molar-refractivity contribution in [2.24, 2.45) is 0 Å². The zero-order chi connectivity index (χ0) is 3.54. The fourth-order valence-electron chi connectivity index (χ4n) is 0.215. The first-order valence-electron chi connectivity index (χ1n) is 1.44. The first-order chi connectivity index (χ1) is 2.50. The summed E-state index contributed by atoms with van der Waals surface area (Å²) in [4.78, 5) is 0. The third-order valence-electron chi connectivity index (χ3n) is 0.406. The third kappa shape index (κ3) is 1.30. The van der Waals surface area contributed by atoms with Gasteiger partial charge in [0.05, 0.1) is 0 Å². The molecule has 2 nitrogen and oxygen atoms in total. The number of hydrogen-bond acceptors (Lipinski definition) is 1. The van der Waals surface area contributed by atoms with E-state index in [1.807, 2.05) is 6.07 Å². The number of aromatic nitrogens is 2. The van der Waals surface area contributed by atoms with Crippen LogP contribution in [0, 0.1) is 0 Å². The minimum Gasteiger partial charge on any atom is -1.00 e. The van der Waals surface area contributed by atoms with Gasteiger partial charge in [-0.2, -0.15) is 5.10 Å². The summed E-state index contributed by atoms with van der Waals surface area (Å²) in [5, 5.41) is 6.21. The summed E-state index contributed by atoms with van der Waals surface area (Å²) < 4.78 is 0. The van der Waals surface area contributed by atoms with Gasteiger partial charge in [-0.3, -0.25) is 5.10 Å². The molecule has 1 heterocycles. The normalized spacial score (nSPS) is 6.67. The van der Waals surface area contributed by atoms with Crippen molar-refractivity contribution in [2.45, 2.75) is 0 Å². The topological polar surface area (TPSA) is 28.7 Å². The summed E-state index contributed by atoms with van der Waals surface area (Å²) in [6, 6.07) is 1.83. The second-order valence-electron chi connectivity index (χ2n) is 0.766. The van der Waals surface area contributed by atoms with Crippen molar-refractivity contribution in [3.8, 4) is 0 Å². The summed E-state index contributed by atoms with van der Waals surface area (Å²) in [7, 11) is 0. The molecule has 0 amide bonds. The van der Waals surface area contributed by atoms with Crippen LogP contribution in [0.15, 0.2) is 18.5 Å². The van der Waals surface area contributed by atoms with Crippen LogP contribution < -0.4 is 18.9 Å². The molecule has 3 heteroatoms. The molecule has 0 spiro atoms. The van der Waals surface area contributed by atoms with Crippen LogP contribution in [0.4, 0.5) is 0 Å². The minimum absolute atomic E-state index is 0. The standard InChI is InChI=1S/C3H4N2.Li.H/c1-2-4-5-3-1;;/h1-3H,(H,4,5);;/q;+1;-1. The Kier molecular flexibility index (Phi) is 2.92. The van der Waals surface area contributed by atoms with Crippen LogP contribution in [0.1, 0.15) is 1.43 Å². The molecule has 1 aromatic heterocycles. The van der Waals surface area contributed by atoms with E-state index in [4.69, 9.17) is 0 Å². The molecule has 1 N–H and O–H groups in total. The van der Waals surface area contributed by atoms with Gasteiger partial charge in [0.1, 0.15) is 0 Å². The molecule has 0 aromatic carbocycles. The molecular weight excluding hydrogens is 71.0 g/mol. The molecule has 0 aliphatic rings. The molecule has 1 rings (SSSR count). The maximum absolute atomic E-state index is 3.60. The molecule has 0 unspecified atom stereocenters. The predicted octanol–water partition coefficient (Wildman–Crippen LogP) is -2.47. The third-order valence-corrected chi connectivity index (χ3v) is 0.406. The summed E-state index contributed by atoms with van der Waals surface area (Å²) >= 11 is 0. The van der Waals surface area contributed by atoms with Gasteiger partial charge in [0.2, 0.25) is 0 Å². The minimum atomic E-state index is 0. The maximum atomic E-state index is 3.60. The molecule has 0 saturated carbocycles. The Labute approximate surface area is 49.6 Å². The Balaban J connectivity index is 0. The van der Waals surface area contributed by atoms with Crippen LogP contribution in [0.3, 0.4) is 0 Å². The van der Waals surface area contributed by atoms with Gasteiger partial charge in [-0.1, -0.05) is 0 Å². The Morgan fingerprint density at radius 3 is 2.67 bits per heavy atom. The molecule has 0 saturated heterocycles. The summed E-state index contributed by atoms with van der Waals surface area (Å²) in [6.07, 6.45) is 3.46. The number of rotatable bonds is 0. The van der Waals surface area contributed by atoms with Crippen LogP contribution in [0.5, 0.6) is 0 Å². The Bertz CT molecular complexity index is 69.4. The number of hydrogen-bond donors (Lipinski definition) is 1. The molecule has 0 bridgehead atoms. The van der Waals surface area contributed by atoms with E-state index in [0.29, 0.717) is 0 Å². The van der Waals surface area contributed by atoms with E-state index < -0.39 is 0 Å². The Morgan fingerprint density at radius 1 is 1.67 bits per heavy atom. The zero-order valence-electron chi connectivity index (χ0n) is 4.68. The molecule has 0 aliphatic carbocycles. The molecule has 0 fully saturated rings. The largest absolute Gasteiger partial charge is 1.00 e. The van der Waals surface area contributed by atoms with Crippen molar-refractivity contribution < 1.29 is 20.3 Å². The van der Waals surface area contributed by atoms with E-state index in [0.717, 1.165) is 0 Å². The molecule has 0 atom stereocenters. The van der Waals surface area contributed by atoms with Gasteiger partial charge in [-0.15, -0.1) is 0 Å². The number of nitrogens with zero attached hydrogens (tertiary/aromatic N) is 1. The summed E-state index contributed by atoms with van der Waals surface area (Å²) in [5.74, 6) is 0. The van der Waals surface area contributed by atoms with Crippen molar-refractivity contribution in [2.75, 3.05) is 0 Å². The van der Waals surface area contributed by atoms with Crippen molar-refractivity contribution >= 4 is 0 Å². The van der Waals surface area contributed by atoms with Gasteiger partial charge in [-0.25, -0.2) is 0 Å². The average molecular weight is 76.0 g/mol. The fourth-order valence-corrected chi connectivity index (χ4v) is 0.215. The fraction of sp³-hybridized carbons (Fsp3) is 0. The van der Waals surface area contributed by atoms with Crippen molar-refractivity contribution in [3.05, 3.63) is 18.5 Å². The average Bonchev–Trinajstić information content (AvgIpc) is 1.76. The van der Waals surface area contributed by atoms with Crippen molar-refractivity contribution in [1.82, 2.24) is 10.2 Å². The van der Waals surface area contributed by atoms with Crippen LogP contribution in [-0.2, 0) is 0 Å². The summed E-state index contributed by atoms with van der Waals surface area (Å²) in [6.45, 7) is 0. The van der Waals surface area contributed by atoms with E-state index in [-0.39, 0.29) is 20.3 Å². The molecule has 0 radical (unpaired) electrons. The van der Waals surface area contributed by atoms with Crippen LogP contribution in [-0.4, -0.2) is 10.2 Å². The van der Waals surface area contributed by atoms with Gasteiger partial charge in [-0.05, 0) is 6.07 Å². The van der Waals surface area contributed by atoms with Gasteiger partial charge in [0.15, 0.2) is 0 Å². The monoisotopic (exact) mass is 76.1 g/mol. The summed E-state index contributed by atoms with van der Waals surface area (Å²) in [5.41, 5.74) is 0. The second kappa shape index (κ2) is 3.02. The molecule has 28 valence electrons. The molecule has 1 aromatic rings. The van der Waals surface area contributed by atoms with Crippen LogP contribution in [0.25, 0.3) is 0 Å². The molecule has 6 heavy (non-hydrogen) atoms. The first kappa shape index (κ1) is 5.81. The second-order valence-corrected chi connectivity index (χ2v) is 0.766. The maximum Gasteiger partial charge on any atom is 1.00 e. The van der Waals surface area contributed by atoms with E-state index in [1.165, 1.54) is 0 Å². The van der Waals surface area contributed by atoms with E-state index >= 15 is 0 Å². The number of aromatic amines is 1. The van der Waals surface area contributed by atoms with Gasteiger partial charge < -0.3 is 1.43 Å². The smallest absolute Gasteiger partial charge is 1.00 e. The van der Waals surface area contributed by atoms with Crippen LogP contribution in [0.2, 0.25) is 0 Å². The zero-order valence-corrected chi connectivity index (χ0v) is 3.68. The quantitative estimate of drug-likeness (QED) is 0.341. The Morgan fingerprint density at radius 2 is 2.50 bits per heavy atom. The van der Waals surface area contributed by atoms with Gasteiger partial charge >= 0.3 is 18.9 Å². The Hall–Kier alpha value is -0.193. The van der Waals surface area contributed by atoms with E-state index in [9.17, 15) is 0 Å².